The topological polar surface area (TPSA) is 20.2 Å². The zero-order valence-corrected chi connectivity index (χ0v) is 8.41. The van der Waals surface area contributed by atoms with Gasteiger partial charge in [0.05, 0.1) is 5.57 Å². The number of hydrogen-bond donors (Lipinski definition) is 1. The number of benzene rings is 1. The number of aliphatic hydroxyl groups is 1. The molecule has 1 heteroatoms. The van der Waals surface area contributed by atoms with E-state index in [1.165, 1.54) is 0 Å². The monoisotopic (exact) mass is 194 g/mol. The molecule has 0 aromatic heterocycles. The third-order valence-corrected chi connectivity index (χ3v) is 2.17. The fourth-order valence-electron chi connectivity index (χ4n) is 1.28. The Hall–Kier alpha value is -2.16. The van der Waals surface area contributed by atoms with Gasteiger partial charge in [-0.2, -0.15) is 0 Å². The second-order valence-electron chi connectivity index (χ2n) is 3.31. The smallest absolute Gasteiger partial charge is 0.164 e. The summed E-state index contributed by atoms with van der Waals surface area (Å²) in [6.07, 6.45) is 1.69. The number of allylic oxidation sites excluding steroid dienone is 2. The molecule has 0 amide bonds. The Morgan fingerprint density at radius 1 is 1.13 bits per heavy atom. The molecule has 72 valence electrons. The first-order valence-electron chi connectivity index (χ1n) is 4.71. The Morgan fingerprint density at radius 3 is 2.60 bits per heavy atom. The lowest BCUT2D eigenvalue weighted by Crippen LogP contribution is -1.81. The average Bonchev–Trinajstić information content (AvgIpc) is 2.43. The van der Waals surface area contributed by atoms with Crippen molar-refractivity contribution in [2.24, 2.45) is 0 Å². The molecule has 0 saturated carbocycles. The number of hydrogen-bond acceptors (Lipinski definition) is 1. The van der Waals surface area contributed by atoms with E-state index in [-0.39, 0.29) is 5.76 Å². The second kappa shape index (κ2) is 3.92. The normalized spacial score (nSPS) is 14.1. The van der Waals surface area contributed by atoms with Crippen LogP contribution in [-0.4, -0.2) is 5.11 Å². The first kappa shape index (κ1) is 9.40. The Balaban J connectivity index is 2.56. The van der Waals surface area contributed by atoms with E-state index < -0.39 is 0 Å². The Kier molecular flexibility index (Phi) is 2.46. The Bertz CT molecular complexity index is 530. The van der Waals surface area contributed by atoms with Crippen LogP contribution in [0.25, 0.3) is 5.57 Å². The molecule has 0 unspecified atom stereocenters. The van der Waals surface area contributed by atoms with Gasteiger partial charge in [-0.1, -0.05) is 47.9 Å². The van der Waals surface area contributed by atoms with Crippen molar-refractivity contribution in [2.75, 3.05) is 0 Å². The standard InChI is InChI=1S/C14H10O/c1-11-6-5-9-13(10-14(11)15)12-7-3-2-4-8-12/h2-4,6-8,15H,1H3. The van der Waals surface area contributed by atoms with Crippen LogP contribution in [0, 0.1) is 11.8 Å². The van der Waals surface area contributed by atoms with Gasteiger partial charge in [-0.05, 0) is 18.6 Å². The lowest BCUT2D eigenvalue weighted by molar-refractivity contribution is 0.425. The molecule has 0 spiro atoms. The third kappa shape index (κ3) is 2.02. The highest BCUT2D eigenvalue weighted by molar-refractivity contribution is 5.79. The van der Waals surface area contributed by atoms with E-state index in [2.05, 4.69) is 17.6 Å². The molecule has 0 atom stereocenters. The highest BCUT2D eigenvalue weighted by Gasteiger charge is 2.01. The summed E-state index contributed by atoms with van der Waals surface area (Å²) < 4.78 is 0. The highest BCUT2D eigenvalue weighted by atomic mass is 16.3. The fraction of sp³-hybridized carbons (Fsp3) is 0.0714. The molecule has 0 bridgehead atoms. The summed E-state index contributed by atoms with van der Waals surface area (Å²) in [5.41, 5.74) is 5.33. The van der Waals surface area contributed by atoms with Crippen LogP contribution in [-0.2, 0) is 0 Å². The molecule has 1 aromatic carbocycles. The van der Waals surface area contributed by atoms with Gasteiger partial charge in [-0.3, -0.25) is 0 Å². The van der Waals surface area contributed by atoms with E-state index >= 15 is 0 Å². The molecule has 1 nitrogen and oxygen atoms in total. The van der Waals surface area contributed by atoms with Gasteiger partial charge in [-0.15, -0.1) is 0 Å². The van der Waals surface area contributed by atoms with Gasteiger partial charge in [0.2, 0.25) is 0 Å². The van der Waals surface area contributed by atoms with Crippen LogP contribution in [0.4, 0.5) is 0 Å². The maximum absolute atomic E-state index is 9.63. The van der Waals surface area contributed by atoms with Crippen molar-refractivity contribution < 1.29 is 5.11 Å². The van der Waals surface area contributed by atoms with E-state index in [1.54, 1.807) is 6.08 Å². The summed E-state index contributed by atoms with van der Waals surface area (Å²) >= 11 is 0. The van der Waals surface area contributed by atoms with Crippen LogP contribution >= 0.6 is 0 Å². The lowest BCUT2D eigenvalue weighted by atomic mass is 10.1. The molecular formula is C14H10O. The van der Waals surface area contributed by atoms with Crippen molar-refractivity contribution in [2.45, 2.75) is 6.92 Å². The first-order chi connectivity index (χ1) is 7.27. The Morgan fingerprint density at radius 2 is 1.87 bits per heavy atom. The SMILES string of the molecule is CC1=CC#CC(c2ccccc2)=C=C1O. The van der Waals surface area contributed by atoms with Crippen molar-refractivity contribution in [1.82, 2.24) is 0 Å². The molecule has 1 aliphatic carbocycles. The van der Waals surface area contributed by atoms with Crippen LogP contribution in [0.15, 0.2) is 53.5 Å². The van der Waals surface area contributed by atoms with Gasteiger partial charge in [0.1, 0.15) is 0 Å². The molecule has 0 fully saturated rings. The predicted octanol–water partition coefficient (Wildman–Crippen LogP) is 3.07. The molecule has 0 aliphatic heterocycles. The summed E-state index contributed by atoms with van der Waals surface area (Å²) in [5.74, 6) is 5.99. The molecule has 0 heterocycles. The highest BCUT2D eigenvalue weighted by Crippen LogP contribution is 2.15. The average molecular weight is 194 g/mol. The van der Waals surface area contributed by atoms with E-state index in [4.69, 9.17) is 0 Å². The van der Waals surface area contributed by atoms with E-state index in [1.807, 2.05) is 37.3 Å². The minimum atomic E-state index is 0.145. The van der Waals surface area contributed by atoms with E-state index in [9.17, 15) is 5.11 Å². The number of rotatable bonds is 1. The van der Waals surface area contributed by atoms with Crippen LogP contribution in [0.5, 0.6) is 0 Å². The summed E-state index contributed by atoms with van der Waals surface area (Å²) in [6.45, 7) is 1.81. The second-order valence-corrected chi connectivity index (χ2v) is 3.31. The van der Waals surface area contributed by atoms with E-state index in [0.717, 1.165) is 16.7 Å². The van der Waals surface area contributed by atoms with Crippen molar-refractivity contribution in [3.05, 3.63) is 59.0 Å². The van der Waals surface area contributed by atoms with Gasteiger partial charge < -0.3 is 5.11 Å². The van der Waals surface area contributed by atoms with Crippen molar-refractivity contribution in [3.63, 3.8) is 0 Å². The van der Waals surface area contributed by atoms with Gasteiger partial charge in [0.25, 0.3) is 0 Å². The quantitative estimate of drug-likeness (QED) is 0.538. The zero-order chi connectivity index (χ0) is 10.7. The summed E-state index contributed by atoms with van der Waals surface area (Å²) in [4.78, 5) is 0. The first-order valence-corrected chi connectivity index (χ1v) is 4.71. The summed E-state index contributed by atoms with van der Waals surface area (Å²) in [7, 11) is 0. The van der Waals surface area contributed by atoms with Gasteiger partial charge >= 0.3 is 0 Å². The maximum Gasteiger partial charge on any atom is 0.164 e. The minimum Gasteiger partial charge on any atom is -0.501 e. The van der Waals surface area contributed by atoms with Crippen molar-refractivity contribution >= 4 is 5.57 Å². The fourth-order valence-corrected chi connectivity index (χ4v) is 1.28. The molecule has 2 rings (SSSR count). The molecule has 0 radical (unpaired) electrons. The minimum absolute atomic E-state index is 0.145. The van der Waals surface area contributed by atoms with Crippen LogP contribution in [0.3, 0.4) is 0 Å². The maximum atomic E-state index is 9.63. The van der Waals surface area contributed by atoms with E-state index in [0.29, 0.717) is 0 Å². The molecule has 15 heavy (non-hydrogen) atoms. The Labute approximate surface area is 89.1 Å². The predicted molar refractivity (Wildman–Crippen MR) is 61.0 cm³/mol. The summed E-state index contributed by atoms with van der Waals surface area (Å²) in [6, 6.07) is 9.72. The van der Waals surface area contributed by atoms with Gasteiger partial charge in [0, 0.05) is 5.57 Å². The zero-order valence-electron chi connectivity index (χ0n) is 8.41. The molecular weight excluding hydrogens is 184 g/mol. The molecule has 0 saturated heterocycles. The molecule has 1 N–H and O–H groups in total. The number of aliphatic hydroxyl groups excluding tert-OH is 1. The summed E-state index contributed by atoms with van der Waals surface area (Å²) in [5, 5.41) is 9.63. The third-order valence-electron chi connectivity index (χ3n) is 2.17. The lowest BCUT2D eigenvalue weighted by Gasteiger charge is -1.96. The van der Waals surface area contributed by atoms with Crippen LogP contribution in [0.2, 0.25) is 0 Å². The van der Waals surface area contributed by atoms with Crippen molar-refractivity contribution in [3.8, 4) is 11.8 Å². The van der Waals surface area contributed by atoms with Crippen LogP contribution in [0.1, 0.15) is 12.5 Å². The van der Waals surface area contributed by atoms with Crippen LogP contribution < -0.4 is 0 Å². The van der Waals surface area contributed by atoms with Gasteiger partial charge in [0.15, 0.2) is 5.76 Å². The molecule has 1 aromatic rings. The molecule has 1 aliphatic rings. The van der Waals surface area contributed by atoms with Crippen molar-refractivity contribution in [1.29, 1.82) is 0 Å². The largest absolute Gasteiger partial charge is 0.501 e. The van der Waals surface area contributed by atoms with Gasteiger partial charge in [-0.25, -0.2) is 0 Å².